The summed E-state index contributed by atoms with van der Waals surface area (Å²) < 4.78 is 34.3. The molecular weight excluding hydrogens is 161 g/mol. The monoisotopic (exact) mass is 168 g/mol. The van der Waals surface area contributed by atoms with Crippen LogP contribution in [0.15, 0.2) is 12.7 Å². The highest BCUT2D eigenvalue weighted by Gasteiger charge is 2.38. The van der Waals surface area contributed by atoms with Crippen LogP contribution in [0, 0.1) is 0 Å². The molecule has 0 heterocycles. The van der Waals surface area contributed by atoms with Gasteiger partial charge >= 0.3 is 12.1 Å². The maximum absolute atomic E-state index is 11.4. The number of carbonyl (C=O) groups excluding carboxylic acids is 1. The molecule has 0 spiro atoms. The summed E-state index contributed by atoms with van der Waals surface area (Å²) in [7, 11) is 0. The van der Waals surface area contributed by atoms with Crippen molar-refractivity contribution in [2.24, 2.45) is 5.73 Å². The average molecular weight is 168 g/mol. The number of hydrogen-bond donors (Lipinski definition) is 2. The van der Waals surface area contributed by atoms with Crippen molar-refractivity contribution >= 4 is 5.91 Å². The molecule has 11 heavy (non-hydrogen) atoms. The van der Waals surface area contributed by atoms with Gasteiger partial charge in [-0.1, -0.05) is 12.7 Å². The van der Waals surface area contributed by atoms with Crippen molar-refractivity contribution in [3.8, 4) is 0 Å². The van der Waals surface area contributed by atoms with Gasteiger partial charge in [-0.15, -0.1) is 0 Å². The Kier molecular flexibility index (Phi) is 3.06. The van der Waals surface area contributed by atoms with Crippen LogP contribution < -0.4 is 11.1 Å². The molecule has 3 N–H and O–H groups in total. The van der Waals surface area contributed by atoms with Crippen LogP contribution in [0.1, 0.15) is 0 Å². The molecule has 0 aromatic rings. The lowest BCUT2D eigenvalue weighted by Crippen LogP contribution is -2.46. The molecule has 0 saturated carbocycles. The smallest absolute Gasteiger partial charge is 0.330 e. The van der Waals surface area contributed by atoms with Gasteiger partial charge in [0.25, 0.3) is 0 Å². The number of rotatable bonds is 2. The van der Waals surface area contributed by atoms with E-state index in [-0.39, 0.29) is 0 Å². The summed E-state index contributed by atoms with van der Waals surface area (Å²) >= 11 is 0. The van der Waals surface area contributed by atoms with Gasteiger partial charge in [0.2, 0.25) is 0 Å². The molecule has 0 aliphatic heterocycles. The van der Waals surface area contributed by atoms with Gasteiger partial charge in [-0.05, 0) is 0 Å². The zero-order valence-corrected chi connectivity index (χ0v) is 5.48. The number of halogens is 3. The Labute approximate surface area is 61.1 Å². The second-order valence-corrected chi connectivity index (χ2v) is 1.73. The predicted molar refractivity (Wildman–Crippen MR) is 32.4 cm³/mol. The number of nitrogens with one attached hydrogen (secondary N) is 1. The lowest BCUT2D eigenvalue weighted by Gasteiger charge is -2.10. The van der Waals surface area contributed by atoms with Gasteiger partial charge in [0.15, 0.2) is 0 Å². The minimum Gasteiger partial charge on any atom is -0.330 e. The standard InChI is InChI=1S/C5H7F3N2O/c1-2-3(9)10-4(11)5(6,7)8/h2-3H,1,9H2,(H,10,11). The summed E-state index contributed by atoms with van der Waals surface area (Å²) in [6, 6.07) is 0. The highest BCUT2D eigenvalue weighted by Crippen LogP contribution is 2.13. The molecule has 0 bridgehead atoms. The molecule has 1 unspecified atom stereocenters. The van der Waals surface area contributed by atoms with Gasteiger partial charge in [-0.2, -0.15) is 13.2 Å². The van der Waals surface area contributed by atoms with Crippen LogP contribution in [-0.4, -0.2) is 18.2 Å². The maximum atomic E-state index is 11.4. The molecule has 0 rings (SSSR count). The topological polar surface area (TPSA) is 55.1 Å². The summed E-state index contributed by atoms with van der Waals surface area (Å²) in [5.74, 6) is -2.06. The Bertz CT molecular complexity index is 166. The fourth-order valence-corrected chi connectivity index (χ4v) is 0.292. The van der Waals surface area contributed by atoms with E-state index in [0.29, 0.717) is 0 Å². The van der Waals surface area contributed by atoms with Crippen LogP contribution in [0.25, 0.3) is 0 Å². The minimum atomic E-state index is -4.89. The van der Waals surface area contributed by atoms with Crippen molar-refractivity contribution in [3.63, 3.8) is 0 Å². The van der Waals surface area contributed by atoms with E-state index >= 15 is 0 Å². The molecule has 1 atom stereocenters. The number of carbonyl (C=O) groups is 1. The van der Waals surface area contributed by atoms with Gasteiger partial charge in [-0.3, -0.25) is 4.79 Å². The van der Waals surface area contributed by atoms with Gasteiger partial charge < -0.3 is 11.1 Å². The second-order valence-electron chi connectivity index (χ2n) is 1.73. The first-order valence-electron chi connectivity index (χ1n) is 2.63. The molecule has 0 aliphatic rings. The van der Waals surface area contributed by atoms with Crippen LogP contribution in [0.5, 0.6) is 0 Å². The van der Waals surface area contributed by atoms with Crippen LogP contribution in [0.4, 0.5) is 13.2 Å². The van der Waals surface area contributed by atoms with E-state index in [1.807, 2.05) is 0 Å². The molecular formula is C5H7F3N2O. The average Bonchev–Trinajstić information content (AvgIpc) is 1.85. The van der Waals surface area contributed by atoms with E-state index < -0.39 is 18.2 Å². The van der Waals surface area contributed by atoms with Gasteiger partial charge in [0.1, 0.15) is 0 Å². The normalized spacial score (nSPS) is 13.8. The zero-order valence-electron chi connectivity index (χ0n) is 5.48. The summed E-state index contributed by atoms with van der Waals surface area (Å²) in [6.45, 7) is 3.09. The third kappa shape index (κ3) is 3.61. The van der Waals surface area contributed by atoms with Crippen LogP contribution in [-0.2, 0) is 4.79 Å². The summed E-state index contributed by atoms with van der Waals surface area (Å²) in [5.41, 5.74) is 4.92. The van der Waals surface area contributed by atoms with E-state index in [4.69, 9.17) is 5.73 Å². The summed E-state index contributed by atoms with van der Waals surface area (Å²) in [4.78, 5) is 10.1. The third-order valence-electron chi connectivity index (χ3n) is 0.809. The molecule has 0 aliphatic carbocycles. The molecule has 6 heteroatoms. The predicted octanol–water partition coefficient (Wildman–Crippen LogP) is 0.136. The van der Waals surface area contributed by atoms with Crippen molar-refractivity contribution in [3.05, 3.63) is 12.7 Å². The Morgan fingerprint density at radius 3 is 2.36 bits per heavy atom. The van der Waals surface area contributed by atoms with Crippen LogP contribution in [0.2, 0.25) is 0 Å². The Balaban J connectivity index is 3.98. The van der Waals surface area contributed by atoms with Gasteiger partial charge in [-0.25, -0.2) is 0 Å². The fraction of sp³-hybridized carbons (Fsp3) is 0.400. The highest BCUT2D eigenvalue weighted by atomic mass is 19.4. The van der Waals surface area contributed by atoms with Crippen LogP contribution in [0.3, 0.4) is 0 Å². The number of hydrogen-bond acceptors (Lipinski definition) is 2. The SMILES string of the molecule is C=CC(N)NC(=O)C(F)(F)F. The number of amides is 1. The van der Waals surface area contributed by atoms with Crippen LogP contribution >= 0.6 is 0 Å². The Morgan fingerprint density at radius 1 is 1.64 bits per heavy atom. The Hall–Kier alpha value is -1.04. The quantitative estimate of drug-likeness (QED) is 0.455. The molecule has 64 valence electrons. The number of nitrogens with two attached hydrogens (primary N) is 1. The zero-order chi connectivity index (χ0) is 9.07. The van der Waals surface area contributed by atoms with Crippen molar-refractivity contribution in [1.29, 1.82) is 0 Å². The summed E-state index contributed by atoms with van der Waals surface area (Å²) in [6.07, 6.45) is -5.06. The largest absolute Gasteiger partial charge is 0.471 e. The van der Waals surface area contributed by atoms with Crippen molar-refractivity contribution < 1.29 is 18.0 Å². The second kappa shape index (κ2) is 3.38. The third-order valence-corrected chi connectivity index (χ3v) is 0.809. The first kappa shape index (κ1) is 9.96. The fourth-order valence-electron chi connectivity index (χ4n) is 0.292. The minimum absolute atomic E-state index is 0.990. The Morgan fingerprint density at radius 2 is 2.09 bits per heavy atom. The first-order valence-corrected chi connectivity index (χ1v) is 2.63. The van der Waals surface area contributed by atoms with Gasteiger partial charge in [0, 0.05) is 0 Å². The molecule has 0 radical (unpaired) electrons. The molecule has 3 nitrogen and oxygen atoms in total. The van der Waals surface area contributed by atoms with Crippen molar-refractivity contribution in [2.75, 3.05) is 0 Å². The van der Waals surface area contributed by atoms with E-state index in [2.05, 4.69) is 6.58 Å². The molecule has 1 amide bonds. The highest BCUT2D eigenvalue weighted by molar-refractivity contribution is 5.82. The van der Waals surface area contributed by atoms with Gasteiger partial charge in [0.05, 0.1) is 6.17 Å². The maximum Gasteiger partial charge on any atom is 0.471 e. The van der Waals surface area contributed by atoms with E-state index in [1.165, 1.54) is 5.32 Å². The van der Waals surface area contributed by atoms with E-state index in [0.717, 1.165) is 6.08 Å². The van der Waals surface area contributed by atoms with Crippen molar-refractivity contribution in [1.82, 2.24) is 5.32 Å². The van der Waals surface area contributed by atoms with E-state index in [9.17, 15) is 18.0 Å². The summed E-state index contributed by atoms with van der Waals surface area (Å²) in [5, 5.41) is 1.47. The van der Waals surface area contributed by atoms with Crippen molar-refractivity contribution in [2.45, 2.75) is 12.3 Å². The molecule has 0 saturated heterocycles. The number of alkyl halides is 3. The lowest BCUT2D eigenvalue weighted by molar-refractivity contribution is -0.174. The first-order chi connectivity index (χ1) is 4.88. The molecule has 0 aromatic carbocycles. The molecule has 0 aromatic heterocycles. The van der Waals surface area contributed by atoms with E-state index in [1.54, 1.807) is 0 Å². The lowest BCUT2D eigenvalue weighted by atomic mass is 10.4. The molecule has 0 fully saturated rings.